The van der Waals surface area contributed by atoms with Gasteiger partial charge in [-0.3, -0.25) is 0 Å². The summed E-state index contributed by atoms with van der Waals surface area (Å²) in [6.07, 6.45) is -0.989. The van der Waals surface area contributed by atoms with E-state index in [0.717, 1.165) is 22.5 Å². The van der Waals surface area contributed by atoms with Crippen LogP contribution in [0.5, 0.6) is 0 Å². The Hall–Kier alpha value is -4.25. The van der Waals surface area contributed by atoms with Gasteiger partial charge in [-0.2, -0.15) is 13.2 Å². The Kier molecular flexibility index (Phi) is 7.02. The van der Waals surface area contributed by atoms with Crippen LogP contribution in [0.25, 0.3) is 12.2 Å². The number of benzene rings is 4. The number of anilines is 4. The van der Waals surface area contributed by atoms with Gasteiger partial charge in [0, 0.05) is 22.7 Å². The van der Waals surface area contributed by atoms with Crippen LogP contribution >= 0.6 is 0 Å². The molecule has 0 saturated heterocycles. The molecule has 0 aliphatic heterocycles. The van der Waals surface area contributed by atoms with E-state index in [4.69, 9.17) is 0 Å². The van der Waals surface area contributed by atoms with Crippen molar-refractivity contribution >= 4 is 34.9 Å². The van der Waals surface area contributed by atoms with Crippen LogP contribution in [0.4, 0.5) is 35.9 Å². The zero-order valence-corrected chi connectivity index (χ0v) is 19.9. The fourth-order valence-corrected chi connectivity index (χ4v) is 4.01. The zero-order chi connectivity index (χ0) is 25.8. The minimum absolute atomic E-state index is 0.170. The van der Waals surface area contributed by atoms with Crippen molar-refractivity contribution < 1.29 is 13.2 Å². The molecule has 0 aliphatic rings. The summed E-state index contributed by atoms with van der Waals surface area (Å²) in [7, 11) is 0. The molecule has 5 heteroatoms. The van der Waals surface area contributed by atoms with E-state index in [-0.39, 0.29) is 11.1 Å². The molecule has 0 fully saturated rings. The van der Waals surface area contributed by atoms with Gasteiger partial charge in [0.05, 0.1) is 0 Å². The first-order valence-electron chi connectivity index (χ1n) is 11.5. The van der Waals surface area contributed by atoms with Crippen LogP contribution in [-0.4, -0.2) is 6.18 Å². The molecular formula is C31H27F3N2. The lowest BCUT2D eigenvalue weighted by molar-refractivity contribution is -0.173. The SMILES string of the molecule is C=Cc1ccc(Nc2ccc(C(C)(c3ccc(Nc4ccc(C=C)cc4)cc3)C(F)(F)F)cc2)cc1. The summed E-state index contributed by atoms with van der Waals surface area (Å²) in [5, 5.41) is 6.44. The van der Waals surface area contributed by atoms with Crippen molar-refractivity contribution in [1.82, 2.24) is 0 Å². The lowest BCUT2D eigenvalue weighted by atomic mass is 9.75. The molecule has 0 spiro atoms. The van der Waals surface area contributed by atoms with Crippen molar-refractivity contribution in [3.8, 4) is 0 Å². The van der Waals surface area contributed by atoms with Crippen LogP contribution in [-0.2, 0) is 5.41 Å². The Morgan fingerprint density at radius 1 is 0.528 bits per heavy atom. The predicted molar refractivity (Wildman–Crippen MR) is 145 cm³/mol. The summed E-state index contributed by atoms with van der Waals surface area (Å²) in [4.78, 5) is 0. The topological polar surface area (TPSA) is 24.1 Å². The molecule has 4 rings (SSSR count). The van der Waals surface area contributed by atoms with Gasteiger partial charge in [0.25, 0.3) is 0 Å². The van der Waals surface area contributed by atoms with Gasteiger partial charge in [-0.1, -0.05) is 73.8 Å². The Morgan fingerprint density at radius 2 is 0.806 bits per heavy atom. The summed E-state index contributed by atoms with van der Waals surface area (Å²) < 4.78 is 43.4. The number of rotatable bonds is 8. The van der Waals surface area contributed by atoms with Crippen LogP contribution in [0.3, 0.4) is 0 Å². The van der Waals surface area contributed by atoms with Gasteiger partial charge >= 0.3 is 6.18 Å². The predicted octanol–water partition coefficient (Wildman–Crippen LogP) is 9.33. The molecule has 0 bridgehead atoms. The van der Waals surface area contributed by atoms with E-state index >= 15 is 0 Å². The quantitative estimate of drug-likeness (QED) is 0.260. The van der Waals surface area contributed by atoms with Crippen molar-refractivity contribution in [2.24, 2.45) is 0 Å². The van der Waals surface area contributed by atoms with Crippen molar-refractivity contribution in [2.45, 2.75) is 18.5 Å². The van der Waals surface area contributed by atoms with Crippen molar-refractivity contribution in [3.05, 3.63) is 132 Å². The molecule has 182 valence electrons. The fraction of sp³-hybridized carbons (Fsp3) is 0.0968. The van der Waals surface area contributed by atoms with E-state index in [2.05, 4.69) is 23.8 Å². The maximum absolute atomic E-state index is 14.5. The van der Waals surface area contributed by atoms with Gasteiger partial charge in [-0.05, 0) is 77.7 Å². The van der Waals surface area contributed by atoms with Crippen molar-refractivity contribution in [1.29, 1.82) is 0 Å². The van der Waals surface area contributed by atoms with Crippen LogP contribution in [0.2, 0.25) is 0 Å². The van der Waals surface area contributed by atoms with E-state index in [9.17, 15) is 13.2 Å². The highest BCUT2D eigenvalue weighted by atomic mass is 19.4. The number of hydrogen-bond acceptors (Lipinski definition) is 2. The van der Waals surface area contributed by atoms with Gasteiger partial charge in [0.2, 0.25) is 0 Å². The van der Waals surface area contributed by atoms with Gasteiger partial charge in [-0.15, -0.1) is 0 Å². The van der Waals surface area contributed by atoms with Gasteiger partial charge in [0.15, 0.2) is 0 Å². The number of nitrogens with one attached hydrogen (secondary N) is 2. The monoisotopic (exact) mass is 484 g/mol. The number of halogens is 3. The lowest BCUT2D eigenvalue weighted by Crippen LogP contribution is -2.40. The van der Waals surface area contributed by atoms with Crippen molar-refractivity contribution in [3.63, 3.8) is 0 Å². The van der Waals surface area contributed by atoms with E-state index in [1.165, 1.54) is 31.2 Å². The summed E-state index contributed by atoms with van der Waals surface area (Å²) in [6.45, 7) is 8.69. The molecule has 2 N–H and O–H groups in total. The highest BCUT2D eigenvalue weighted by molar-refractivity contribution is 5.64. The van der Waals surface area contributed by atoms with Gasteiger partial charge in [-0.25, -0.2) is 0 Å². The highest BCUT2D eigenvalue weighted by Crippen LogP contribution is 2.46. The summed E-state index contributed by atoms with van der Waals surface area (Å²) in [5.41, 5.74) is 3.25. The lowest BCUT2D eigenvalue weighted by Gasteiger charge is -2.33. The van der Waals surface area contributed by atoms with E-state index in [0.29, 0.717) is 11.4 Å². The molecule has 2 nitrogen and oxygen atoms in total. The number of hydrogen-bond donors (Lipinski definition) is 2. The third-order valence-electron chi connectivity index (χ3n) is 6.36. The average Bonchev–Trinajstić information content (AvgIpc) is 2.89. The molecule has 4 aromatic rings. The maximum atomic E-state index is 14.5. The molecule has 4 aromatic carbocycles. The molecule has 0 heterocycles. The van der Waals surface area contributed by atoms with Gasteiger partial charge in [0.1, 0.15) is 5.41 Å². The molecule has 36 heavy (non-hydrogen) atoms. The molecular weight excluding hydrogens is 457 g/mol. The molecule has 0 radical (unpaired) electrons. The normalized spacial score (nSPS) is 11.6. The second-order valence-corrected chi connectivity index (χ2v) is 8.68. The van der Waals surface area contributed by atoms with E-state index < -0.39 is 11.6 Å². The molecule has 0 unspecified atom stereocenters. The van der Waals surface area contributed by atoms with E-state index in [1.54, 1.807) is 36.4 Å². The molecule has 0 amide bonds. The average molecular weight is 485 g/mol. The Bertz CT molecular complexity index is 1220. The Labute approximate surface area is 209 Å². The summed E-state index contributed by atoms with van der Waals surface area (Å²) >= 11 is 0. The smallest absolute Gasteiger partial charge is 0.356 e. The van der Waals surface area contributed by atoms with Crippen LogP contribution < -0.4 is 10.6 Å². The molecule has 0 aromatic heterocycles. The highest BCUT2D eigenvalue weighted by Gasteiger charge is 2.53. The maximum Gasteiger partial charge on any atom is 0.402 e. The zero-order valence-electron chi connectivity index (χ0n) is 19.9. The summed E-state index contributed by atoms with van der Waals surface area (Å²) in [5.74, 6) is 0. The molecule has 0 atom stereocenters. The minimum Gasteiger partial charge on any atom is -0.356 e. The first-order valence-corrected chi connectivity index (χ1v) is 11.5. The Balaban J connectivity index is 1.56. The first-order chi connectivity index (χ1) is 17.2. The van der Waals surface area contributed by atoms with E-state index in [1.807, 2.05) is 48.5 Å². The van der Waals surface area contributed by atoms with Gasteiger partial charge < -0.3 is 10.6 Å². The van der Waals surface area contributed by atoms with Crippen LogP contribution in [0.15, 0.2) is 110 Å². The second-order valence-electron chi connectivity index (χ2n) is 8.68. The van der Waals surface area contributed by atoms with Crippen molar-refractivity contribution in [2.75, 3.05) is 10.6 Å². The minimum atomic E-state index is -4.49. The second kappa shape index (κ2) is 10.2. The molecule has 0 saturated carbocycles. The molecule has 0 aliphatic carbocycles. The summed E-state index contributed by atoms with van der Waals surface area (Å²) in [6, 6.07) is 28.0. The fourth-order valence-electron chi connectivity index (χ4n) is 4.01. The first kappa shape index (κ1) is 24.9. The standard InChI is InChI=1S/C31H27F3N2/c1-4-22-6-14-26(15-7-22)35-28-18-10-24(11-19-28)30(3,31(32,33)34)25-12-20-29(21-13-25)36-27-16-8-23(5-2)9-17-27/h4-21,35-36H,1-2H2,3H3. The third kappa shape index (κ3) is 5.20. The Morgan fingerprint density at radius 3 is 1.06 bits per heavy atom. The number of alkyl halides is 3. The van der Waals surface area contributed by atoms with Crippen LogP contribution in [0.1, 0.15) is 29.2 Å². The third-order valence-corrected chi connectivity index (χ3v) is 6.36. The largest absolute Gasteiger partial charge is 0.402 e. The van der Waals surface area contributed by atoms with Crippen LogP contribution in [0, 0.1) is 0 Å².